The monoisotopic (exact) mass is 221 g/mol. The zero-order valence-corrected chi connectivity index (χ0v) is 9.72. The lowest BCUT2D eigenvalue weighted by Gasteiger charge is -2.21. The number of pyridine rings is 1. The SMILES string of the molecule is COCC1CCN(c2ccncc2CN)C1. The lowest BCUT2D eigenvalue weighted by Crippen LogP contribution is -2.22. The van der Waals surface area contributed by atoms with E-state index in [9.17, 15) is 0 Å². The van der Waals surface area contributed by atoms with Gasteiger partial charge in [0.05, 0.1) is 6.61 Å². The van der Waals surface area contributed by atoms with E-state index in [1.807, 2.05) is 12.4 Å². The maximum Gasteiger partial charge on any atom is 0.0508 e. The van der Waals surface area contributed by atoms with E-state index in [1.54, 1.807) is 7.11 Å². The van der Waals surface area contributed by atoms with Gasteiger partial charge < -0.3 is 15.4 Å². The number of methoxy groups -OCH3 is 1. The molecule has 0 spiro atoms. The molecule has 2 rings (SSSR count). The van der Waals surface area contributed by atoms with Gasteiger partial charge in [0.15, 0.2) is 0 Å². The van der Waals surface area contributed by atoms with Gasteiger partial charge in [-0.15, -0.1) is 0 Å². The molecule has 1 aromatic rings. The molecule has 88 valence electrons. The summed E-state index contributed by atoms with van der Waals surface area (Å²) in [5, 5.41) is 0. The van der Waals surface area contributed by atoms with Crippen LogP contribution in [0.25, 0.3) is 0 Å². The molecule has 0 radical (unpaired) electrons. The summed E-state index contributed by atoms with van der Waals surface area (Å²) >= 11 is 0. The minimum absolute atomic E-state index is 0.550. The molecular weight excluding hydrogens is 202 g/mol. The third-order valence-electron chi connectivity index (χ3n) is 3.13. The van der Waals surface area contributed by atoms with Crippen molar-refractivity contribution in [2.24, 2.45) is 11.7 Å². The van der Waals surface area contributed by atoms with Crippen molar-refractivity contribution in [1.82, 2.24) is 4.98 Å². The fraction of sp³-hybridized carbons (Fsp3) is 0.583. The predicted octanol–water partition coefficient (Wildman–Crippen LogP) is 1.01. The van der Waals surface area contributed by atoms with E-state index < -0.39 is 0 Å². The Morgan fingerprint density at radius 3 is 3.25 bits per heavy atom. The average Bonchev–Trinajstić information content (AvgIpc) is 2.78. The van der Waals surface area contributed by atoms with Gasteiger partial charge in [-0.3, -0.25) is 4.98 Å². The van der Waals surface area contributed by atoms with Gasteiger partial charge >= 0.3 is 0 Å². The average molecular weight is 221 g/mol. The van der Waals surface area contributed by atoms with Crippen LogP contribution in [0.3, 0.4) is 0 Å². The van der Waals surface area contributed by atoms with E-state index >= 15 is 0 Å². The molecule has 4 heteroatoms. The van der Waals surface area contributed by atoms with Crippen LogP contribution in [0, 0.1) is 5.92 Å². The van der Waals surface area contributed by atoms with Crippen molar-refractivity contribution in [3.8, 4) is 0 Å². The summed E-state index contributed by atoms with van der Waals surface area (Å²) in [6.07, 6.45) is 4.89. The summed E-state index contributed by atoms with van der Waals surface area (Å²) in [7, 11) is 1.76. The molecule has 1 saturated heterocycles. The van der Waals surface area contributed by atoms with Crippen LogP contribution in [0.5, 0.6) is 0 Å². The second kappa shape index (κ2) is 5.27. The Hall–Kier alpha value is -1.13. The van der Waals surface area contributed by atoms with Crippen LogP contribution in [0.15, 0.2) is 18.5 Å². The highest BCUT2D eigenvalue weighted by molar-refractivity contribution is 5.52. The Balaban J connectivity index is 2.08. The highest BCUT2D eigenvalue weighted by Gasteiger charge is 2.23. The largest absolute Gasteiger partial charge is 0.384 e. The second-order valence-corrected chi connectivity index (χ2v) is 4.26. The number of anilines is 1. The van der Waals surface area contributed by atoms with Crippen molar-refractivity contribution < 1.29 is 4.74 Å². The molecule has 0 aromatic carbocycles. The first-order valence-corrected chi connectivity index (χ1v) is 5.72. The molecular formula is C12H19N3O. The van der Waals surface area contributed by atoms with Crippen LogP contribution in [0.1, 0.15) is 12.0 Å². The normalized spacial score (nSPS) is 20.4. The molecule has 1 aliphatic heterocycles. The maximum absolute atomic E-state index is 5.72. The zero-order chi connectivity index (χ0) is 11.4. The molecule has 16 heavy (non-hydrogen) atoms. The van der Waals surface area contributed by atoms with E-state index in [0.29, 0.717) is 12.5 Å². The maximum atomic E-state index is 5.72. The van der Waals surface area contributed by atoms with Gasteiger partial charge in [-0.2, -0.15) is 0 Å². The lowest BCUT2D eigenvalue weighted by molar-refractivity contribution is 0.161. The number of hydrogen-bond donors (Lipinski definition) is 1. The summed E-state index contributed by atoms with van der Waals surface area (Å²) in [5.41, 5.74) is 8.08. The molecule has 4 nitrogen and oxygen atoms in total. The van der Waals surface area contributed by atoms with E-state index in [4.69, 9.17) is 10.5 Å². The molecule has 2 N–H and O–H groups in total. The minimum atomic E-state index is 0.550. The molecule has 1 atom stereocenters. The highest BCUT2D eigenvalue weighted by atomic mass is 16.5. The Bertz CT molecular complexity index is 343. The quantitative estimate of drug-likeness (QED) is 0.824. The lowest BCUT2D eigenvalue weighted by atomic mass is 10.1. The van der Waals surface area contributed by atoms with E-state index in [-0.39, 0.29) is 0 Å². The zero-order valence-electron chi connectivity index (χ0n) is 9.72. The number of nitrogens with two attached hydrogens (primary N) is 1. The van der Waals surface area contributed by atoms with Gasteiger partial charge in [0.2, 0.25) is 0 Å². The first-order valence-electron chi connectivity index (χ1n) is 5.72. The molecule has 0 bridgehead atoms. The summed E-state index contributed by atoms with van der Waals surface area (Å²) in [5.74, 6) is 0.642. The topological polar surface area (TPSA) is 51.4 Å². The number of nitrogens with zero attached hydrogens (tertiary/aromatic N) is 2. The molecule has 1 aromatic heterocycles. The van der Waals surface area contributed by atoms with Crippen LogP contribution < -0.4 is 10.6 Å². The molecule has 0 saturated carbocycles. The summed E-state index contributed by atoms with van der Waals surface area (Å²) in [4.78, 5) is 6.49. The fourth-order valence-corrected chi connectivity index (χ4v) is 2.31. The highest BCUT2D eigenvalue weighted by Crippen LogP contribution is 2.26. The van der Waals surface area contributed by atoms with Crippen molar-refractivity contribution in [2.45, 2.75) is 13.0 Å². The fourth-order valence-electron chi connectivity index (χ4n) is 2.31. The van der Waals surface area contributed by atoms with Crippen LogP contribution >= 0.6 is 0 Å². The van der Waals surface area contributed by atoms with E-state index in [2.05, 4.69) is 16.0 Å². The van der Waals surface area contributed by atoms with Crippen molar-refractivity contribution in [2.75, 3.05) is 31.7 Å². The Morgan fingerprint density at radius 1 is 1.62 bits per heavy atom. The number of aromatic nitrogens is 1. The summed E-state index contributed by atoms with van der Waals surface area (Å²) in [6.45, 7) is 3.55. The van der Waals surface area contributed by atoms with Crippen molar-refractivity contribution in [3.63, 3.8) is 0 Å². The van der Waals surface area contributed by atoms with Crippen molar-refractivity contribution in [1.29, 1.82) is 0 Å². The van der Waals surface area contributed by atoms with Crippen LogP contribution in [-0.4, -0.2) is 31.8 Å². The van der Waals surface area contributed by atoms with Gasteiger partial charge in [-0.05, 0) is 12.5 Å². The molecule has 1 fully saturated rings. The first kappa shape index (κ1) is 11.4. The number of ether oxygens (including phenoxy) is 1. The standard InChI is InChI=1S/C12H19N3O/c1-16-9-10-3-5-15(8-10)12-2-4-14-7-11(12)6-13/h2,4,7,10H,3,5-6,8-9,13H2,1H3. The summed E-state index contributed by atoms with van der Waals surface area (Å²) in [6, 6.07) is 2.05. The van der Waals surface area contributed by atoms with Gasteiger partial charge in [0, 0.05) is 56.3 Å². The molecule has 1 aliphatic rings. The third-order valence-corrected chi connectivity index (χ3v) is 3.13. The van der Waals surface area contributed by atoms with Crippen molar-refractivity contribution in [3.05, 3.63) is 24.0 Å². The molecule has 1 unspecified atom stereocenters. The van der Waals surface area contributed by atoms with Gasteiger partial charge in [0.1, 0.15) is 0 Å². The van der Waals surface area contributed by atoms with Crippen LogP contribution in [0.4, 0.5) is 5.69 Å². The van der Waals surface area contributed by atoms with Gasteiger partial charge in [-0.25, -0.2) is 0 Å². The van der Waals surface area contributed by atoms with E-state index in [0.717, 1.165) is 25.3 Å². The first-order chi connectivity index (χ1) is 7.85. The summed E-state index contributed by atoms with van der Waals surface area (Å²) < 4.78 is 5.20. The minimum Gasteiger partial charge on any atom is -0.384 e. The number of hydrogen-bond acceptors (Lipinski definition) is 4. The third kappa shape index (κ3) is 2.33. The van der Waals surface area contributed by atoms with Crippen molar-refractivity contribution >= 4 is 5.69 Å². The molecule has 2 heterocycles. The Morgan fingerprint density at radius 2 is 2.50 bits per heavy atom. The van der Waals surface area contributed by atoms with Gasteiger partial charge in [-0.1, -0.05) is 0 Å². The molecule has 0 amide bonds. The smallest absolute Gasteiger partial charge is 0.0508 e. The van der Waals surface area contributed by atoms with Crippen LogP contribution in [-0.2, 0) is 11.3 Å². The van der Waals surface area contributed by atoms with Crippen LogP contribution in [0.2, 0.25) is 0 Å². The molecule has 0 aliphatic carbocycles. The predicted molar refractivity (Wildman–Crippen MR) is 64.3 cm³/mol. The van der Waals surface area contributed by atoms with Gasteiger partial charge in [0.25, 0.3) is 0 Å². The Labute approximate surface area is 96.4 Å². The second-order valence-electron chi connectivity index (χ2n) is 4.26. The van der Waals surface area contributed by atoms with E-state index in [1.165, 1.54) is 12.1 Å². The number of rotatable bonds is 4. The Kier molecular flexibility index (Phi) is 3.74.